The Kier molecular flexibility index (Phi) is 4.50. The number of hydrogen-bond donors (Lipinski definition) is 1. The van der Waals surface area contributed by atoms with Gasteiger partial charge in [0.1, 0.15) is 11.9 Å². The van der Waals surface area contributed by atoms with Crippen molar-refractivity contribution in [2.75, 3.05) is 19.7 Å². The summed E-state index contributed by atoms with van der Waals surface area (Å²) in [7, 11) is 0. The minimum atomic E-state index is -0.396. The summed E-state index contributed by atoms with van der Waals surface area (Å²) in [6.45, 7) is 3.14. The number of nitrogens with two attached hydrogens (primary N) is 1. The van der Waals surface area contributed by atoms with Gasteiger partial charge in [0.15, 0.2) is 0 Å². The average molecular weight is 266 g/mol. The number of benzene rings is 1. The van der Waals surface area contributed by atoms with Crippen LogP contribution < -0.4 is 5.73 Å². The van der Waals surface area contributed by atoms with Gasteiger partial charge in [0, 0.05) is 24.6 Å². The smallest absolute Gasteiger partial charge is 0.224 e. The fourth-order valence-electron chi connectivity index (χ4n) is 2.20. The van der Waals surface area contributed by atoms with Crippen LogP contribution in [0.4, 0.5) is 4.39 Å². The molecule has 0 aliphatic carbocycles. The van der Waals surface area contributed by atoms with Gasteiger partial charge in [-0.05, 0) is 13.0 Å². The van der Waals surface area contributed by atoms with Gasteiger partial charge in [-0.2, -0.15) is 0 Å². The summed E-state index contributed by atoms with van der Waals surface area (Å²) in [6.07, 6.45) is -0.0868. The lowest BCUT2D eigenvalue weighted by atomic mass is 10.1. The zero-order chi connectivity index (χ0) is 13.8. The summed E-state index contributed by atoms with van der Waals surface area (Å²) < 4.78 is 19.3. The Morgan fingerprint density at radius 1 is 1.58 bits per heavy atom. The summed E-state index contributed by atoms with van der Waals surface area (Å²) >= 11 is 0. The normalized spacial score (nSPS) is 21.2. The zero-order valence-corrected chi connectivity index (χ0v) is 11.0. The molecule has 5 heteroatoms. The van der Waals surface area contributed by atoms with E-state index in [1.807, 2.05) is 0 Å². The molecule has 19 heavy (non-hydrogen) atoms. The van der Waals surface area contributed by atoms with E-state index in [2.05, 4.69) is 0 Å². The number of amides is 1. The minimum absolute atomic E-state index is 0.000334. The summed E-state index contributed by atoms with van der Waals surface area (Å²) in [5, 5.41) is 0. The molecule has 1 aliphatic rings. The van der Waals surface area contributed by atoms with E-state index in [9.17, 15) is 9.18 Å². The topological polar surface area (TPSA) is 55.6 Å². The number of hydrogen-bond acceptors (Lipinski definition) is 3. The van der Waals surface area contributed by atoms with E-state index in [0.29, 0.717) is 31.7 Å². The van der Waals surface area contributed by atoms with Gasteiger partial charge in [-0.3, -0.25) is 4.79 Å². The van der Waals surface area contributed by atoms with Crippen molar-refractivity contribution < 1.29 is 13.9 Å². The van der Waals surface area contributed by atoms with Crippen LogP contribution in [0.1, 0.15) is 25.0 Å². The van der Waals surface area contributed by atoms with Crippen LogP contribution in [0.15, 0.2) is 24.3 Å². The van der Waals surface area contributed by atoms with E-state index in [1.54, 1.807) is 30.0 Å². The third-order valence-electron chi connectivity index (χ3n) is 3.17. The highest BCUT2D eigenvalue weighted by Gasteiger charge is 2.27. The second kappa shape index (κ2) is 6.12. The molecule has 1 amide bonds. The number of carbonyl (C=O) groups is 1. The molecule has 2 rings (SSSR count). The Labute approximate surface area is 112 Å². The molecule has 1 aromatic carbocycles. The molecule has 1 heterocycles. The molecule has 1 aliphatic heterocycles. The molecule has 4 nitrogen and oxygen atoms in total. The van der Waals surface area contributed by atoms with E-state index in [1.165, 1.54) is 6.07 Å². The molecule has 0 bridgehead atoms. The number of ether oxygens (including phenoxy) is 1. The van der Waals surface area contributed by atoms with Gasteiger partial charge in [-0.25, -0.2) is 4.39 Å². The van der Waals surface area contributed by atoms with Gasteiger partial charge < -0.3 is 15.4 Å². The number of morpholine rings is 1. The van der Waals surface area contributed by atoms with Crippen molar-refractivity contribution in [2.24, 2.45) is 5.73 Å². The predicted molar refractivity (Wildman–Crippen MR) is 69.9 cm³/mol. The maximum atomic E-state index is 13.7. The standard InChI is InChI=1S/C14H19FN2O2/c1-10(16)8-14(18)17-6-7-19-13(9-17)11-4-2-3-5-12(11)15/h2-5,10,13H,6-9,16H2,1H3. The molecule has 0 radical (unpaired) electrons. The molecule has 2 atom stereocenters. The van der Waals surface area contributed by atoms with Crippen LogP contribution in [-0.2, 0) is 9.53 Å². The van der Waals surface area contributed by atoms with Gasteiger partial charge in [0.05, 0.1) is 13.2 Å². The first-order valence-corrected chi connectivity index (χ1v) is 6.47. The number of carbonyl (C=O) groups excluding carboxylic acids is 1. The first-order chi connectivity index (χ1) is 9.08. The van der Waals surface area contributed by atoms with Crippen molar-refractivity contribution in [2.45, 2.75) is 25.5 Å². The highest BCUT2D eigenvalue weighted by atomic mass is 19.1. The van der Waals surface area contributed by atoms with Gasteiger partial charge in [0.2, 0.25) is 5.91 Å². The summed E-state index contributed by atoms with van der Waals surface area (Å²) in [4.78, 5) is 13.7. The maximum absolute atomic E-state index is 13.7. The van der Waals surface area contributed by atoms with Crippen molar-refractivity contribution >= 4 is 5.91 Å². The van der Waals surface area contributed by atoms with E-state index in [0.717, 1.165) is 0 Å². The van der Waals surface area contributed by atoms with E-state index < -0.39 is 6.10 Å². The van der Waals surface area contributed by atoms with Crippen LogP contribution in [0, 0.1) is 5.82 Å². The lowest BCUT2D eigenvalue weighted by molar-refractivity contribution is -0.139. The maximum Gasteiger partial charge on any atom is 0.224 e. The first-order valence-electron chi connectivity index (χ1n) is 6.47. The fourth-order valence-corrected chi connectivity index (χ4v) is 2.20. The first kappa shape index (κ1) is 14.0. The van der Waals surface area contributed by atoms with Crippen molar-refractivity contribution in [1.29, 1.82) is 0 Å². The monoisotopic (exact) mass is 266 g/mol. The highest BCUT2D eigenvalue weighted by molar-refractivity contribution is 5.76. The summed E-state index contributed by atoms with van der Waals surface area (Å²) in [5.41, 5.74) is 6.13. The molecule has 0 aromatic heterocycles. The van der Waals surface area contributed by atoms with E-state index >= 15 is 0 Å². The molecule has 1 aromatic rings. The SMILES string of the molecule is CC(N)CC(=O)N1CCOC(c2ccccc2F)C1. The molecule has 0 saturated carbocycles. The van der Waals surface area contributed by atoms with Gasteiger partial charge in [-0.15, -0.1) is 0 Å². The Morgan fingerprint density at radius 3 is 3.00 bits per heavy atom. The van der Waals surface area contributed by atoms with Crippen molar-refractivity contribution in [3.63, 3.8) is 0 Å². The largest absolute Gasteiger partial charge is 0.370 e. The van der Waals surface area contributed by atoms with Gasteiger partial charge >= 0.3 is 0 Å². The lowest BCUT2D eigenvalue weighted by Crippen LogP contribution is -2.43. The second-order valence-corrected chi connectivity index (χ2v) is 4.90. The van der Waals surface area contributed by atoms with Crippen LogP contribution in [0.3, 0.4) is 0 Å². The summed E-state index contributed by atoms with van der Waals surface area (Å²) in [6, 6.07) is 6.34. The molecule has 2 unspecified atom stereocenters. The van der Waals surface area contributed by atoms with Crippen LogP contribution in [0.2, 0.25) is 0 Å². The van der Waals surface area contributed by atoms with Crippen LogP contribution in [0.5, 0.6) is 0 Å². The second-order valence-electron chi connectivity index (χ2n) is 4.90. The molecule has 0 spiro atoms. The van der Waals surface area contributed by atoms with Crippen LogP contribution in [0.25, 0.3) is 0 Å². The minimum Gasteiger partial charge on any atom is -0.370 e. The van der Waals surface area contributed by atoms with Crippen LogP contribution in [-0.4, -0.2) is 36.5 Å². The van der Waals surface area contributed by atoms with Gasteiger partial charge in [-0.1, -0.05) is 18.2 Å². The summed E-state index contributed by atoms with van der Waals surface area (Å²) in [5.74, 6) is -0.298. The Hall–Kier alpha value is -1.46. The van der Waals surface area contributed by atoms with Crippen molar-refractivity contribution in [1.82, 2.24) is 4.90 Å². The predicted octanol–water partition coefficient (Wildman–Crippen LogP) is 1.46. The number of halogens is 1. The Balaban J connectivity index is 2.05. The molecular weight excluding hydrogens is 247 g/mol. The Bertz CT molecular complexity index is 451. The molecular formula is C14H19FN2O2. The lowest BCUT2D eigenvalue weighted by Gasteiger charge is -2.33. The number of nitrogens with zero attached hydrogens (tertiary/aromatic N) is 1. The molecule has 1 saturated heterocycles. The fraction of sp³-hybridized carbons (Fsp3) is 0.500. The molecule has 1 fully saturated rings. The third kappa shape index (κ3) is 3.52. The number of rotatable bonds is 3. The molecule has 2 N–H and O–H groups in total. The average Bonchev–Trinajstić information content (AvgIpc) is 2.38. The van der Waals surface area contributed by atoms with Crippen LogP contribution >= 0.6 is 0 Å². The third-order valence-corrected chi connectivity index (χ3v) is 3.17. The van der Waals surface area contributed by atoms with Crippen molar-refractivity contribution in [3.05, 3.63) is 35.6 Å². The highest BCUT2D eigenvalue weighted by Crippen LogP contribution is 2.24. The van der Waals surface area contributed by atoms with Crippen molar-refractivity contribution in [3.8, 4) is 0 Å². The Morgan fingerprint density at radius 2 is 2.32 bits per heavy atom. The molecule has 104 valence electrons. The quantitative estimate of drug-likeness (QED) is 0.901. The van der Waals surface area contributed by atoms with Gasteiger partial charge in [0.25, 0.3) is 0 Å². The van der Waals surface area contributed by atoms with E-state index in [-0.39, 0.29) is 17.8 Å². The van der Waals surface area contributed by atoms with E-state index in [4.69, 9.17) is 10.5 Å². The zero-order valence-electron chi connectivity index (χ0n) is 11.0.